The topological polar surface area (TPSA) is 76.7 Å². The molecule has 24 heavy (non-hydrogen) atoms. The van der Waals surface area contributed by atoms with Crippen LogP contribution in [0.2, 0.25) is 0 Å². The van der Waals surface area contributed by atoms with E-state index in [9.17, 15) is 9.18 Å². The van der Waals surface area contributed by atoms with E-state index in [0.717, 1.165) is 0 Å². The zero-order valence-electron chi connectivity index (χ0n) is 12.8. The Hall–Kier alpha value is -2.74. The Morgan fingerprint density at radius 2 is 2.38 bits per heavy atom. The van der Waals surface area contributed by atoms with Crippen molar-refractivity contribution in [3.05, 3.63) is 46.9 Å². The van der Waals surface area contributed by atoms with Gasteiger partial charge in [-0.3, -0.25) is 10.2 Å². The number of nitrogens with one attached hydrogen (secondary N) is 1. The number of anilines is 1. The van der Waals surface area contributed by atoms with E-state index in [1.54, 1.807) is 24.4 Å². The van der Waals surface area contributed by atoms with Crippen LogP contribution >= 0.6 is 11.3 Å². The number of hydrogen-bond acceptors (Lipinski definition) is 7. The van der Waals surface area contributed by atoms with E-state index >= 15 is 0 Å². The maximum absolute atomic E-state index is 13.9. The Balaban J connectivity index is 1.68. The van der Waals surface area contributed by atoms with Gasteiger partial charge in [-0.25, -0.2) is 9.37 Å². The van der Waals surface area contributed by atoms with E-state index in [1.165, 1.54) is 29.9 Å². The number of thiazole rings is 1. The van der Waals surface area contributed by atoms with Crippen molar-refractivity contribution in [2.45, 2.75) is 13.3 Å². The summed E-state index contributed by atoms with van der Waals surface area (Å²) in [7, 11) is 0. The normalized spacial score (nSPS) is 11.2. The minimum Gasteiger partial charge on any atom is -0.466 e. The van der Waals surface area contributed by atoms with Crippen LogP contribution in [0.1, 0.15) is 18.2 Å². The summed E-state index contributed by atoms with van der Waals surface area (Å²) < 4.78 is 24.0. The van der Waals surface area contributed by atoms with Crippen molar-refractivity contribution >= 4 is 39.6 Å². The molecule has 6 nitrogen and oxygen atoms in total. The summed E-state index contributed by atoms with van der Waals surface area (Å²) in [6.45, 7) is 2.09. The Morgan fingerprint density at radius 3 is 3.21 bits per heavy atom. The maximum Gasteiger partial charge on any atom is 0.311 e. The molecule has 0 amide bonds. The summed E-state index contributed by atoms with van der Waals surface area (Å²) in [5.41, 5.74) is 4.24. The smallest absolute Gasteiger partial charge is 0.311 e. The summed E-state index contributed by atoms with van der Waals surface area (Å²) >= 11 is 1.30. The van der Waals surface area contributed by atoms with E-state index in [-0.39, 0.29) is 12.4 Å². The van der Waals surface area contributed by atoms with Gasteiger partial charge in [-0.1, -0.05) is 0 Å². The standard InChI is InChI=1S/C16H14FN3O3S/c1-2-22-15(21)7-10-9-24-16(19-10)20-18-8-12-11-5-6-23-14(11)4-3-13(12)17/h3-6,8-9H,2,7H2,1H3,(H,19,20). The molecule has 8 heteroatoms. The molecule has 0 saturated heterocycles. The van der Waals surface area contributed by atoms with E-state index < -0.39 is 5.82 Å². The fourth-order valence-corrected chi connectivity index (χ4v) is 2.78. The van der Waals surface area contributed by atoms with Gasteiger partial charge in [-0.05, 0) is 25.1 Å². The van der Waals surface area contributed by atoms with Crippen molar-refractivity contribution in [3.63, 3.8) is 0 Å². The molecule has 0 spiro atoms. The largest absolute Gasteiger partial charge is 0.466 e. The van der Waals surface area contributed by atoms with E-state index in [1.807, 2.05) is 0 Å². The first-order chi connectivity index (χ1) is 11.7. The number of carbonyl (C=O) groups excluding carboxylic acids is 1. The molecular formula is C16H14FN3O3S. The Morgan fingerprint density at radius 1 is 1.50 bits per heavy atom. The van der Waals surface area contributed by atoms with Crippen LogP contribution in [0, 0.1) is 5.82 Å². The molecule has 0 fully saturated rings. The molecule has 0 atom stereocenters. The van der Waals surface area contributed by atoms with Crippen LogP contribution in [0.3, 0.4) is 0 Å². The molecule has 0 aliphatic rings. The number of carbonyl (C=O) groups is 1. The van der Waals surface area contributed by atoms with Gasteiger partial charge in [-0.2, -0.15) is 5.10 Å². The second-order valence-electron chi connectivity index (χ2n) is 4.79. The fraction of sp³-hybridized carbons (Fsp3) is 0.188. The number of rotatable bonds is 6. The molecule has 0 saturated carbocycles. The monoisotopic (exact) mass is 347 g/mol. The molecule has 0 unspecified atom stereocenters. The molecule has 0 aliphatic heterocycles. The molecule has 0 bridgehead atoms. The number of furan rings is 1. The molecule has 0 aliphatic carbocycles. The summed E-state index contributed by atoms with van der Waals surface area (Å²) in [5.74, 6) is -0.719. The van der Waals surface area contributed by atoms with Crippen molar-refractivity contribution in [3.8, 4) is 0 Å². The maximum atomic E-state index is 13.9. The van der Waals surface area contributed by atoms with Gasteiger partial charge in [-0.15, -0.1) is 11.3 Å². The Bertz CT molecular complexity index is 888. The minimum atomic E-state index is -0.392. The van der Waals surface area contributed by atoms with Gasteiger partial charge in [0.2, 0.25) is 5.13 Å². The number of esters is 1. The quantitative estimate of drug-likeness (QED) is 0.419. The number of hydrogen-bond donors (Lipinski definition) is 1. The second kappa shape index (κ2) is 7.22. The lowest BCUT2D eigenvalue weighted by Crippen LogP contribution is -2.07. The van der Waals surface area contributed by atoms with E-state index in [2.05, 4.69) is 15.5 Å². The predicted octanol–water partition coefficient (Wildman–Crippen LogP) is 3.58. The SMILES string of the molecule is CCOC(=O)Cc1csc(NN=Cc2c(F)ccc3occc23)n1. The molecule has 2 heterocycles. The van der Waals surface area contributed by atoms with Crippen LogP contribution in [0.5, 0.6) is 0 Å². The van der Waals surface area contributed by atoms with Crippen molar-refractivity contribution in [1.82, 2.24) is 4.98 Å². The second-order valence-corrected chi connectivity index (χ2v) is 5.65. The molecule has 3 rings (SSSR count). The number of ether oxygens (including phenoxy) is 1. The van der Waals surface area contributed by atoms with Gasteiger partial charge in [0.25, 0.3) is 0 Å². The highest BCUT2D eigenvalue weighted by atomic mass is 32.1. The summed E-state index contributed by atoms with van der Waals surface area (Å²) in [5, 5.41) is 6.89. The van der Waals surface area contributed by atoms with Crippen LogP contribution in [0.4, 0.5) is 9.52 Å². The lowest BCUT2D eigenvalue weighted by Gasteiger charge is -1.99. The van der Waals surface area contributed by atoms with Crippen molar-refractivity contribution in [1.29, 1.82) is 0 Å². The number of nitrogens with zero attached hydrogens (tertiary/aromatic N) is 2. The third-order valence-corrected chi connectivity index (χ3v) is 3.96. The fourth-order valence-electron chi connectivity index (χ4n) is 2.12. The summed E-state index contributed by atoms with van der Waals surface area (Å²) in [4.78, 5) is 15.6. The zero-order chi connectivity index (χ0) is 16.9. The minimum absolute atomic E-state index is 0.110. The molecule has 1 aromatic carbocycles. The number of aromatic nitrogens is 1. The van der Waals surface area contributed by atoms with Crippen LogP contribution < -0.4 is 5.43 Å². The van der Waals surface area contributed by atoms with Crippen molar-refractivity contribution < 1.29 is 18.3 Å². The lowest BCUT2D eigenvalue weighted by molar-refractivity contribution is -0.142. The number of halogens is 1. The average molecular weight is 347 g/mol. The molecule has 2 aromatic heterocycles. The van der Waals surface area contributed by atoms with Gasteiger partial charge in [0.1, 0.15) is 11.4 Å². The van der Waals surface area contributed by atoms with E-state index in [4.69, 9.17) is 9.15 Å². The first-order valence-corrected chi connectivity index (χ1v) is 8.10. The van der Waals surface area contributed by atoms with Gasteiger partial charge in [0, 0.05) is 16.3 Å². The highest BCUT2D eigenvalue weighted by molar-refractivity contribution is 7.13. The number of fused-ring (bicyclic) bond motifs is 1. The molecular weight excluding hydrogens is 333 g/mol. The predicted molar refractivity (Wildman–Crippen MR) is 89.8 cm³/mol. The van der Waals surface area contributed by atoms with Gasteiger partial charge in [0.05, 0.1) is 31.2 Å². The number of benzene rings is 1. The lowest BCUT2D eigenvalue weighted by atomic mass is 10.1. The summed E-state index contributed by atoms with van der Waals surface area (Å²) in [6.07, 6.45) is 2.98. The van der Waals surface area contributed by atoms with Crippen molar-refractivity contribution in [2.75, 3.05) is 12.0 Å². The Labute approximate surface area is 141 Å². The van der Waals surface area contributed by atoms with Gasteiger partial charge in [0.15, 0.2) is 0 Å². The molecule has 0 radical (unpaired) electrons. The first kappa shape index (κ1) is 16.1. The Kier molecular flexibility index (Phi) is 4.85. The van der Waals surface area contributed by atoms with Gasteiger partial charge < -0.3 is 9.15 Å². The zero-order valence-corrected chi connectivity index (χ0v) is 13.6. The van der Waals surface area contributed by atoms with Gasteiger partial charge >= 0.3 is 5.97 Å². The van der Waals surface area contributed by atoms with Crippen molar-refractivity contribution in [2.24, 2.45) is 5.10 Å². The van der Waals surface area contributed by atoms with Crippen LogP contribution in [0.15, 0.2) is 39.4 Å². The third-order valence-electron chi connectivity index (χ3n) is 3.16. The third kappa shape index (κ3) is 3.60. The molecule has 3 aromatic rings. The average Bonchev–Trinajstić information content (AvgIpc) is 3.19. The first-order valence-electron chi connectivity index (χ1n) is 7.22. The summed E-state index contributed by atoms with van der Waals surface area (Å²) in [6, 6.07) is 4.58. The highest BCUT2D eigenvalue weighted by Crippen LogP contribution is 2.21. The highest BCUT2D eigenvalue weighted by Gasteiger charge is 2.09. The van der Waals surface area contributed by atoms with Crippen LogP contribution in [-0.2, 0) is 16.0 Å². The number of hydrazone groups is 1. The van der Waals surface area contributed by atoms with E-state index in [0.29, 0.717) is 34.0 Å². The molecule has 1 N–H and O–H groups in total. The molecule has 124 valence electrons. The van der Waals surface area contributed by atoms with Crippen LogP contribution in [-0.4, -0.2) is 23.8 Å². The van der Waals surface area contributed by atoms with Crippen LogP contribution in [0.25, 0.3) is 11.0 Å².